The fraction of sp³-hybridized carbons (Fsp3) is 0.364. The van der Waals surface area contributed by atoms with Gasteiger partial charge < -0.3 is 5.32 Å². The average Bonchev–Trinajstić information content (AvgIpc) is 2.85. The summed E-state index contributed by atoms with van der Waals surface area (Å²) in [5.41, 5.74) is 1.05. The lowest BCUT2D eigenvalue weighted by Gasteiger charge is -2.04. The Morgan fingerprint density at radius 2 is 2.11 bits per heavy atom. The Labute approximate surface area is 119 Å². The van der Waals surface area contributed by atoms with Gasteiger partial charge in [0.25, 0.3) is 0 Å². The van der Waals surface area contributed by atoms with Gasteiger partial charge in [-0.25, -0.2) is 4.98 Å². The van der Waals surface area contributed by atoms with Crippen molar-refractivity contribution < 1.29 is 0 Å². The maximum Gasteiger partial charge on any atom is 0.175 e. The average molecular weight is 298 g/mol. The number of anilines is 1. The zero-order valence-corrected chi connectivity index (χ0v) is 12.7. The Kier molecular flexibility index (Phi) is 5.27. The second kappa shape index (κ2) is 6.96. The number of hydrogen-bond acceptors (Lipinski definition) is 7. The van der Waals surface area contributed by atoms with Crippen LogP contribution in [0.15, 0.2) is 26.9 Å². The van der Waals surface area contributed by atoms with Gasteiger partial charge in [-0.1, -0.05) is 40.9 Å². The van der Waals surface area contributed by atoms with Crippen LogP contribution in [-0.4, -0.2) is 28.0 Å². The van der Waals surface area contributed by atoms with E-state index in [2.05, 4.69) is 27.4 Å². The number of thioether (sulfide) groups is 2. The Hall–Kier alpha value is -0.790. The van der Waals surface area contributed by atoms with E-state index in [0.717, 1.165) is 32.5 Å². The summed E-state index contributed by atoms with van der Waals surface area (Å²) in [7, 11) is 0. The standard InChI is InChI=1S/C11H14N4S3/c1-3-12-9-6-4-5-8(13-9)7-17-11-15-14-10(16-2)18-11/h4-6H,3,7H2,1-2H3,(H,12,13). The van der Waals surface area contributed by atoms with Crippen LogP contribution in [0.5, 0.6) is 0 Å². The van der Waals surface area contributed by atoms with Crippen LogP contribution in [0, 0.1) is 0 Å². The fourth-order valence-corrected chi connectivity index (χ4v) is 3.66. The van der Waals surface area contributed by atoms with Crippen LogP contribution < -0.4 is 5.32 Å². The van der Waals surface area contributed by atoms with Gasteiger partial charge in [0.05, 0.1) is 5.69 Å². The first kappa shape index (κ1) is 13.6. The van der Waals surface area contributed by atoms with Crippen LogP contribution in [0.2, 0.25) is 0 Å². The minimum atomic E-state index is 0.822. The molecule has 0 fully saturated rings. The zero-order valence-electron chi connectivity index (χ0n) is 10.2. The Morgan fingerprint density at radius 1 is 1.28 bits per heavy atom. The Bertz CT molecular complexity index is 501. The SMILES string of the molecule is CCNc1cccc(CSc2nnc(SC)s2)n1. The molecule has 0 saturated heterocycles. The number of nitrogens with zero attached hydrogens (tertiary/aromatic N) is 3. The van der Waals surface area contributed by atoms with E-state index in [1.54, 1.807) is 34.9 Å². The largest absolute Gasteiger partial charge is 0.370 e. The molecule has 0 unspecified atom stereocenters. The molecule has 0 saturated carbocycles. The predicted octanol–water partition coefficient (Wildman–Crippen LogP) is 3.38. The lowest BCUT2D eigenvalue weighted by Crippen LogP contribution is -2.00. The molecule has 0 bridgehead atoms. The summed E-state index contributed by atoms with van der Waals surface area (Å²) in [4.78, 5) is 4.52. The lowest BCUT2D eigenvalue weighted by molar-refractivity contribution is 0.955. The topological polar surface area (TPSA) is 50.7 Å². The van der Waals surface area contributed by atoms with E-state index in [9.17, 15) is 0 Å². The maximum absolute atomic E-state index is 4.52. The van der Waals surface area contributed by atoms with Gasteiger partial charge in [-0.2, -0.15) is 0 Å². The summed E-state index contributed by atoms with van der Waals surface area (Å²) in [6, 6.07) is 6.03. The quantitative estimate of drug-likeness (QED) is 0.825. The molecule has 0 aliphatic rings. The molecule has 18 heavy (non-hydrogen) atoms. The minimum absolute atomic E-state index is 0.822. The van der Waals surface area contributed by atoms with Crippen molar-refractivity contribution in [1.29, 1.82) is 0 Å². The molecule has 0 aliphatic carbocycles. The smallest absolute Gasteiger partial charge is 0.175 e. The Balaban J connectivity index is 1.94. The van der Waals surface area contributed by atoms with Gasteiger partial charge in [0.2, 0.25) is 0 Å². The molecule has 0 spiro atoms. The van der Waals surface area contributed by atoms with E-state index in [4.69, 9.17) is 0 Å². The van der Waals surface area contributed by atoms with E-state index in [0.29, 0.717) is 0 Å². The van der Waals surface area contributed by atoms with Crippen LogP contribution in [0.25, 0.3) is 0 Å². The van der Waals surface area contributed by atoms with E-state index in [1.165, 1.54) is 0 Å². The van der Waals surface area contributed by atoms with E-state index < -0.39 is 0 Å². The third-order valence-corrected chi connectivity index (χ3v) is 5.14. The first-order valence-corrected chi connectivity index (χ1v) is 8.54. The van der Waals surface area contributed by atoms with Crippen LogP contribution in [0.3, 0.4) is 0 Å². The van der Waals surface area contributed by atoms with Crippen LogP contribution in [0.1, 0.15) is 12.6 Å². The molecule has 7 heteroatoms. The molecule has 0 amide bonds. The summed E-state index contributed by atoms with van der Waals surface area (Å²) in [5, 5.41) is 11.4. The number of aromatic nitrogens is 3. The summed E-state index contributed by atoms with van der Waals surface area (Å²) in [6.07, 6.45) is 2.01. The van der Waals surface area contributed by atoms with Crippen LogP contribution in [0.4, 0.5) is 5.82 Å². The number of rotatable bonds is 6. The van der Waals surface area contributed by atoms with Crippen molar-refractivity contribution in [3.05, 3.63) is 23.9 Å². The van der Waals surface area contributed by atoms with Gasteiger partial charge in [0, 0.05) is 12.3 Å². The molecule has 0 radical (unpaired) electrons. The molecule has 2 heterocycles. The summed E-state index contributed by atoms with van der Waals surface area (Å²) in [5.74, 6) is 1.75. The molecule has 2 aromatic rings. The lowest BCUT2D eigenvalue weighted by atomic mass is 10.4. The van der Waals surface area contributed by atoms with E-state index in [1.807, 2.05) is 24.5 Å². The van der Waals surface area contributed by atoms with Crippen molar-refractivity contribution in [1.82, 2.24) is 15.2 Å². The van der Waals surface area contributed by atoms with Crippen LogP contribution >= 0.6 is 34.9 Å². The zero-order chi connectivity index (χ0) is 12.8. The molecule has 1 N–H and O–H groups in total. The van der Waals surface area contributed by atoms with Crippen LogP contribution in [-0.2, 0) is 5.75 Å². The number of hydrogen-bond donors (Lipinski definition) is 1. The maximum atomic E-state index is 4.52. The second-order valence-electron chi connectivity index (χ2n) is 3.37. The third kappa shape index (κ3) is 3.86. The van der Waals surface area contributed by atoms with Crippen molar-refractivity contribution in [3.63, 3.8) is 0 Å². The first-order valence-electron chi connectivity index (χ1n) is 5.52. The number of pyridine rings is 1. The fourth-order valence-electron chi connectivity index (χ4n) is 1.31. The highest BCUT2D eigenvalue weighted by atomic mass is 32.2. The number of nitrogens with one attached hydrogen (secondary N) is 1. The summed E-state index contributed by atoms with van der Waals surface area (Å²) in [6.45, 7) is 2.95. The summed E-state index contributed by atoms with van der Waals surface area (Å²) < 4.78 is 2.00. The monoisotopic (exact) mass is 298 g/mol. The van der Waals surface area contributed by atoms with Crippen molar-refractivity contribution in [3.8, 4) is 0 Å². The third-order valence-electron chi connectivity index (χ3n) is 2.07. The molecular weight excluding hydrogens is 284 g/mol. The Morgan fingerprint density at radius 3 is 2.83 bits per heavy atom. The molecular formula is C11H14N4S3. The normalized spacial score (nSPS) is 10.6. The predicted molar refractivity (Wildman–Crippen MR) is 79.7 cm³/mol. The molecule has 4 nitrogen and oxygen atoms in total. The molecule has 96 valence electrons. The molecule has 2 rings (SSSR count). The molecule has 0 aromatic carbocycles. The van der Waals surface area contributed by atoms with Gasteiger partial charge in [0.15, 0.2) is 8.68 Å². The first-order chi connectivity index (χ1) is 8.81. The van der Waals surface area contributed by atoms with Crippen molar-refractivity contribution in [2.75, 3.05) is 18.1 Å². The highest BCUT2D eigenvalue weighted by Crippen LogP contribution is 2.29. The van der Waals surface area contributed by atoms with Gasteiger partial charge in [-0.15, -0.1) is 10.2 Å². The highest BCUT2D eigenvalue weighted by molar-refractivity contribution is 8.02. The van der Waals surface area contributed by atoms with Crippen molar-refractivity contribution >= 4 is 40.7 Å². The van der Waals surface area contributed by atoms with Gasteiger partial charge in [0.1, 0.15) is 5.82 Å². The molecule has 0 atom stereocenters. The van der Waals surface area contributed by atoms with Crippen molar-refractivity contribution in [2.45, 2.75) is 21.4 Å². The van der Waals surface area contributed by atoms with E-state index >= 15 is 0 Å². The molecule has 0 aliphatic heterocycles. The highest BCUT2D eigenvalue weighted by Gasteiger charge is 2.05. The van der Waals surface area contributed by atoms with Gasteiger partial charge in [-0.05, 0) is 25.3 Å². The minimum Gasteiger partial charge on any atom is -0.370 e. The van der Waals surface area contributed by atoms with Crippen molar-refractivity contribution in [2.24, 2.45) is 0 Å². The van der Waals surface area contributed by atoms with E-state index in [-0.39, 0.29) is 0 Å². The van der Waals surface area contributed by atoms with Gasteiger partial charge >= 0.3 is 0 Å². The van der Waals surface area contributed by atoms with Gasteiger partial charge in [-0.3, -0.25) is 0 Å². The second-order valence-corrected chi connectivity index (χ2v) is 6.62. The summed E-state index contributed by atoms with van der Waals surface area (Å²) >= 11 is 4.93. The molecule has 2 aromatic heterocycles.